The molecule has 0 saturated heterocycles. The van der Waals surface area contributed by atoms with Gasteiger partial charge in [-0.1, -0.05) is 26.0 Å². The van der Waals surface area contributed by atoms with E-state index >= 15 is 0 Å². The average molecular weight is 541 g/mol. The smallest absolute Gasteiger partial charge is 0.229 e. The Morgan fingerprint density at radius 3 is 2.66 bits per heavy atom. The molecule has 0 bridgehead atoms. The summed E-state index contributed by atoms with van der Waals surface area (Å²) in [5.74, 6) is 2.55. The third kappa shape index (κ3) is 7.50. The third-order valence-electron chi connectivity index (χ3n) is 6.10. The van der Waals surface area contributed by atoms with Gasteiger partial charge in [0, 0.05) is 49.1 Å². The molecular weight excluding hydrogens is 508 g/mol. The van der Waals surface area contributed by atoms with Crippen LogP contribution in [0.3, 0.4) is 0 Å². The van der Waals surface area contributed by atoms with Crippen LogP contribution in [0.15, 0.2) is 41.0 Å². The van der Waals surface area contributed by atoms with Crippen LogP contribution in [0.1, 0.15) is 50.3 Å². The normalized spacial score (nSPS) is 13.1. The monoisotopic (exact) mass is 540 g/mol. The maximum absolute atomic E-state index is 12.1. The summed E-state index contributed by atoms with van der Waals surface area (Å²) in [5, 5.41) is 16.9. The van der Waals surface area contributed by atoms with Gasteiger partial charge in [0.25, 0.3) is 0 Å². The molecule has 0 atom stereocenters. The number of nitrogens with zero attached hydrogens (tertiary/aromatic N) is 4. The van der Waals surface area contributed by atoms with Crippen molar-refractivity contribution in [1.29, 1.82) is 0 Å². The Morgan fingerprint density at radius 1 is 1.17 bits per heavy atom. The molecule has 186 valence electrons. The lowest BCUT2D eigenvalue weighted by atomic mass is 10.1. The van der Waals surface area contributed by atoms with Crippen molar-refractivity contribution in [3.05, 3.63) is 52.3 Å². The fourth-order valence-electron chi connectivity index (χ4n) is 3.76. The summed E-state index contributed by atoms with van der Waals surface area (Å²) in [5.41, 5.74) is 3.15. The quantitative estimate of drug-likeness (QED) is 0.248. The maximum Gasteiger partial charge on any atom is 0.229 e. The molecule has 1 fully saturated rings. The molecule has 2 aromatic heterocycles. The summed E-state index contributed by atoms with van der Waals surface area (Å²) >= 11 is 3.50. The first kappa shape index (κ1) is 25.1. The Labute approximate surface area is 214 Å². The first-order chi connectivity index (χ1) is 17.0. The van der Waals surface area contributed by atoms with Gasteiger partial charge in [-0.25, -0.2) is 4.98 Å². The molecular formula is C25H33BrN8O. The lowest BCUT2D eigenvalue weighted by Crippen LogP contribution is -2.34. The third-order valence-corrected chi connectivity index (χ3v) is 6.68. The minimum Gasteiger partial charge on any atom is -0.355 e. The fraction of sp³-hybridized carbons (Fsp3) is 0.440. The van der Waals surface area contributed by atoms with Gasteiger partial charge in [0.05, 0.1) is 4.47 Å². The highest BCUT2D eigenvalue weighted by molar-refractivity contribution is 9.10. The molecule has 0 radical (unpaired) electrons. The van der Waals surface area contributed by atoms with Crippen LogP contribution in [0.2, 0.25) is 0 Å². The van der Waals surface area contributed by atoms with Crippen LogP contribution in [0.5, 0.6) is 0 Å². The highest BCUT2D eigenvalue weighted by Gasteiger charge is 2.25. The molecule has 9 nitrogen and oxygen atoms in total. The van der Waals surface area contributed by atoms with Gasteiger partial charge in [0.1, 0.15) is 0 Å². The van der Waals surface area contributed by atoms with Crippen molar-refractivity contribution < 1.29 is 4.79 Å². The van der Waals surface area contributed by atoms with Gasteiger partial charge in [-0.3, -0.25) is 9.89 Å². The van der Waals surface area contributed by atoms with Crippen molar-refractivity contribution in [2.75, 3.05) is 36.8 Å². The number of amides is 1. The van der Waals surface area contributed by atoms with Crippen LogP contribution in [-0.2, 0) is 11.2 Å². The van der Waals surface area contributed by atoms with Gasteiger partial charge in [0.15, 0.2) is 11.6 Å². The van der Waals surface area contributed by atoms with Gasteiger partial charge < -0.3 is 20.9 Å². The van der Waals surface area contributed by atoms with E-state index in [4.69, 9.17) is 0 Å². The Kier molecular flexibility index (Phi) is 8.70. The molecule has 1 aromatic carbocycles. The lowest BCUT2D eigenvalue weighted by molar-refractivity contribution is -0.121. The number of nitrogens with one attached hydrogen (secondary N) is 4. The number of aryl methyl sites for hydroxylation is 1. The number of hydrogen-bond acceptors (Lipinski definition) is 7. The number of likely N-dealkylation sites (N-methyl/N-ethyl adjacent to an activating group) is 1. The standard InChI is InChI=1S/C25H33BrN8O/c1-3-34(4-2)14-13-27-23(35)12-7-17-5-10-19(11-6-17)29-25-28-16-20(26)24(31-25)30-22-15-21(32-33-22)18-8-9-18/h5-6,10-11,15-16,18H,3-4,7-9,12-14H2,1-2H3,(H,27,35)(H3,28,29,30,31,32,33). The summed E-state index contributed by atoms with van der Waals surface area (Å²) in [6, 6.07) is 10.0. The molecule has 0 aliphatic heterocycles. The van der Waals surface area contributed by atoms with E-state index in [1.54, 1.807) is 6.20 Å². The molecule has 1 aliphatic carbocycles. The van der Waals surface area contributed by atoms with Gasteiger partial charge in [0.2, 0.25) is 11.9 Å². The summed E-state index contributed by atoms with van der Waals surface area (Å²) < 4.78 is 0.754. The largest absolute Gasteiger partial charge is 0.355 e. The zero-order valence-corrected chi connectivity index (χ0v) is 21.9. The molecule has 4 N–H and O–H groups in total. The number of hydrogen-bond donors (Lipinski definition) is 4. The predicted molar refractivity (Wildman–Crippen MR) is 142 cm³/mol. The van der Waals surface area contributed by atoms with E-state index in [0.29, 0.717) is 37.1 Å². The second-order valence-corrected chi connectivity index (χ2v) is 9.55. The van der Waals surface area contributed by atoms with Crippen LogP contribution in [0.25, 0.3) is 0 Å². The predicted octanol–water partition coefficient (Wildman–Crippen LogP) is 4.72. The van der Waals surface area contributed by atoms with E-state index in [1.165, 1.54) is 12.8 Å². The number of rotatable bonds is 13. The van der Waals surface area contributed by atoms with Gasteiger partial charge >= 0.3 is 0 Å². The number of anilines is 4. The van der Waals surface area contributed by atoms with Crippen LogP contribution >= 0.6 is 15.9 Å². The SMILES string of the molecule is CCN(CC)CCNC(=O)CCc1ccc(Nc2ncc(Br)c(Nc3cc(C4CC4)[nH]n3)n2)cc1. The molecule has 0 spiro atoms. The number of carbonyl (C=O) groups is 1. The van der Waals surface area contributed by atoms with E-state index in [9.17, 15) is 4.79 Å². The second kappa shape index (κ2) is 12.1. The molecule has 4 rings (SSSR count). The van der Waals surface area contributed by atoms with E-state index < -0.39 is 0 Å². The van der Waals surface area contributed by atoms with Crippen molar-refractivity contribution in [2.45, 2.75) is 45.4 Å². The zero-order chi connectivity index (χ0) is 24.6. The first-order valence-corrected chi connectivity index (χ1v) is 13.0. The Bertz CT molecular complexity index is 1110. The number of carbonyl (C=O) groups excluding carboxylic acids is 1. The second-order valence-electron chi connectivity index (χ2n) is 8.70. The zero-order valence-electron chi connectivity index (χ0n) is 20.3. The van der Waals surface area contributed by atoms with Gasteiger partial charge in [-0.2, -0.15) is 10.1 Å². The van der Waals surface area contributed by atoms with Crippen LogP contribution < -0.4 is 16.0 Å². The lowest BCUT2D eigenvalue weighted by Gasteiger charge is -2.17. The molecule has 3 aromatic rings. The molecule has 1 aliphatic rings. The summed E-state index contributed by atoms with van der Waals surface area (Å²) in [6.45, 7) is 7.84. The molecule has 0 unspecified atom stereocenters. The molecule has 2 heterocycles. The molecule has 10 heteroatoms. The van der Waals surface area contributed by atoms with E-state index in [-0.39, 0.29) is 5.91 Å². The minimum absolute atomic E-state index is 0.0869. The minimum atomic E-state index is 0.0869. The highest BCUT2D eigenvalue weighted by Crippen LogP contribution is 2.39. The maximum atomic E-state index is 12.1. The highest BCUT2D eigenvalue weighted by atomic mass is 79.9. The molecule has 35 heavy (non-hydrogen) atoms. The Morgan fingerprint density at radius 2 is 1.94 bits per heavy atom. The number of aromatic nitrogens is 4. The van der Waals surface area contributed by atoms with Crippen LogP contribution in [-0.4, -0.2) is 57.2 Å². The van der Waals surface area contributed by atoms with E-state index in [1.807, 2.05) is 30.3 Å². The molecule has 1 saturated carbocycles. The van der Waals surface area contributed by atoms with Gasteiger partial charge in [-0.15, -0.1) is 0 Å². The Balaban J connectivity index is 1.26. The van der Waals surface area contributed by atoms with Crippen molar-refractivity contribution in [1.82, 2.24) is 30.4 Å². The van der Waals surface area contributed by atoms with E-state index in [2.05, 4.69) is 70.8 Å². The number of halogens is 1. The number of H-pyrrole nitrogens is 1. The number of benzene rings is 1. The Hall–Kier alpha value is -2.98. The van der Waals surface area contributed by atoms with Crippen molar-refractivity contribution in [3.8, 4) is 0 Å². The number of aromatic amines is 1. The average Bonchev–Trinajstić information content (AvgIpc) is 3.62. The van der Waals surface area contributed by atoms with Crippen molar-refractivity contribution >= 4 is 45.1 Å². The summed E-state index contributed by atoms with van der Waals surface area (Å²) in [7, 11) is 0. The molecule has 1 amide bonds. The van der Waals surface area contributed by atoms with Gasteiger partial charge in [-0.05, 0) is 66.0 Å². The van der Waals surface area contributed by atoms with E-state index in [0.717, 1.165) is 46.9 Å². The van der Waals surface area contributed by atoms with Crippen LogP contribution in [0, 0.1) is 0 Å². The van der Waals surface area contributed by atoms with Crippen molar-refractivity contribution in [2.24, 2.45) is 0 Å². The fourth-order valence-corrected chi connectivity index (χ4v) is 4.05. The summed E-state index contributed by atoms with van der Waals surface area (Å²) in [6.07, 6.45) is 5.32. The van der Waals surface area contributed by atoms with Crippen molar-refractivity contribution in [3.63, 3.8) is 0 Å². The summed E-state index contributed by atoms with van der Waals surface area (Å²) in [4.78, 5) is 23.4. The van der Waals surface area contributed by atoms with Crippen LogP contribution in [0.4, 0.5) is 23.3 Å². The topological polar surface area (TPSA) is 111 Å². The first-order valence-electron chi connectivity index (χ1n) is 12.2.